The average molecular weight is 369 g/mol. The quantitative estimate of drug-likeness (QED) is 0.787. The van der Waals surface area contributed by atoms with Crippen LogP contribution in [0.2, 0.25) is 0 Å². The van der Waals surface area contributed by atoms with E-state index < -0.39 is 11.8 Å². The van der Waals surface area contributed by atoms with Crippen molar-refractivity contribution >= 4 is 11.5 Å². The van der Waals surface area contributed by atoms with E-state index in [1.807, 2.05) is 60.7 Å². The first kappa shape index (κ1) is 19.4. The summed E-state index contributed by atoms with van der Waals surface area (Å²) in [6.07, 6.45) is 1.07. The first-order valence-electron chi connectivity index (χ1n) is 9.37. The van der Waals surface area contributed by atoms with Crippen molar-refractivity contribution in [3.05, 3.63) is 77.5 Å². The third kappa shape index (κ3) is 4.13. The average Bonchev–Trinajstić information content (AvgIpc) is 2.68. The Balaban J connectivity index is 2.18. The lowest BCUT2D eigenvalue weighted by molar-refractivity contribution is -0.118. The SMILES string of the molecule is CC1(C)CC(=O)C(C(c2ccccc2)C(C#N)C#N)=C(Nc2ccccc2)C1. The van der Waals surface area contributed by atoms with Gasteiger partial charge in [0, 0.05) is 29.3 Å². The van der Waals surface area contributed by atoms with Crippen LogP contribution in [0.15, 0.2) is 71.9 Å². The molecule has 28 heavy (non-hydrogen) atoms. The van der Waals surface area contributed by atoms with Crippen molar-refractivity contribution in [2.24, 2.45) is 11.3 Å². The number of ketones is 1. The first-order chi connectivity index (χ1) is 13.4. The second-order valence-electron chi connectivity index (χ2n) is 7.95. The van der Waals surface area contributed by atoms with Crippen LogP contribution in [0.4, 0.5) is 5.69 Å². The van der Waals surface area contributed by atoms with Gasteiger partial charge in [-0.3, -0.25) is 4.79 Å². The minimum Gasteiger partial charge on any atom is -0.359 e. The van der Waals surface area contributed by atoms with Crippen LogP contribution < -0.4 is 5.32 Å². The largest absolute Gasteiger partial charge is 0.359 e. The zero-order valence-corrected chi connectivity index (χ0v) is 16.1. The molecule has 4 heteroatoms. The monoisotopic (exact) mass is 369 g/mol. The van der Waals surface area contributed by atoms with Crippen molar-refractivity contribution in [3.8, 4) is 12.1 Å². The number of nitriles is 2. The van der Waals surface area contributed by atoms with Gasteiger partial charge in [0.25, 0.3) is 0 Å². The fraction of sp³-hybridized carbons (Fsp3) is 0.292. The van der Waals surface area contributed by atoms with Crippen molar-refractivity contribution < 1.29 is 4.79 Å². The van der Waals surface area contributed by atoms with Crippen LogP contribution >= 0.6 is 0 Å². The van der Waals surface area contributed by atoms with Crippen LogP contribution in [0.5, 0.6) is 0 Å². The molecule has 0 amide bonds. The van der Waals surface area contributed by atoms with Crippen molar-refractivity contribution in [2.45, 2.75) is 32.6 Å². The van der Waals surface area contributed by atoms with E-state index in [0.29, 0.717) is 18.4 Å². The van der Waals surface area contributed by atoms with E-state index >= 15 is 0 Å². The van der Waals surface area contributed by atoms with Gasteiger partial charge in [-0.1, -0.05) is 62.4 Å². The summed E-state index contributed by atoms with van der Waals surface area (Å²) in [7, 11) is 0. The summed E-state index contributed by atoms with van der Waals surface area (Å²) in [5, 5.41) is 22.7. The number of carbonyl (C=O) groups is 1. The standard InChI is InChI=1S/C24H23N3O/c1-24(2)13-20(27-19-11-7-4-8-12-19)23(21(28)14-24)22(18(15-25)16-26)17-9-5-3-6-10-17/h3-12,18,22,27H,13-14H2,1-2H3. The van der Waals surface area contributed by atoms with Crippen molar-refractivity contribution in [2.75, 3.05) is 5.32 Å². The van der Waals surface area contributed by atoms with Crippen LogP contribution in [0.3, 0.4) is 0 Å². The smallest absolute Gasteiger partial charge is 0.161 e. The molecule has 140 valence electrons. The lowest BCUT2D eigenvalue weighted by atomic mass is 9.69. The molecule has 0 spiro atoms. The van der Waals surface area contributed by atoms with Gasteiger partial charge in [-0.15, -0.1) is 0 Å². The molecule has 1 aliphatic carbocycles. The fourth-order valence-electron chi connectivity index (χ4n) is 3.87. The minimum atomic E-state index is -0.935. The van der Waals surface area contributed by atoms with E-state index in [2.05, 4.69) is 31.3 Å². The summed E-state index contributed by atoms with van der Waals surface area (Å²) < 4.78 is 0. The molecule has 0 aromatic heterocycles. The summed E-state index contributed by atoms with van der Waals surface area (Å²) >= 11 is 0. The van der Waals surface area contributed by atoms with Crippen molar-refractivity contribution in [3.63, 3.8) is 0 Å². The van der Waals surface area contributed by atoms with Gasteiger partial charge >= 0.3 is 0 Å². The molecule has 2 aromatic rings. The number of hydrogen-bond acceptors (Lipinski definition) is 4. The highest BCUT2D eigenvalue weighted by Gasteiger charge is 2.40. The number of benzene rings is 2. The lowest BCUT2D eigenvalue weighted by Gasteiger charge is -2.36. The number of Topliss-reactive ketones (excluding diaryl/α,β-unsaturated/α-hetero) is 1. The molecular formula is C24H23N3O. The van der Waals surface area contributed by atoms with E-state index in [1.54, 1.807) is 0 Å². The normalized spacial score (nSPS) is 17.0. The molecule has 0 radical (unpaired) electrons. The highest BCUT2D eigenvalue weighted by Crippen LogP contribution is 2.44. The number of para-hydroxylation sites is 1. The Kier molecular flexibility index (Phi) is 5.62. The predicted molar refractivity (Wildman–Crippen MR) is 109 cm³/mol. The van der Waals surface area contributed by atoms with Crippen LogP contribution in [0.25, 0.3) is 0 Å². The van der Waals surface area contributed by atoms with E-state index in [4.69, 9.17) is 0 Å². The second-order valence-corrected chi connectivity index (χ2v) is 7.95. The molecule has 0 saturated heterocycles. The molecule has 1 aliphatic rings. The number of nitrogens with zero attached hydrogens (tertiary/aromatic N) is 2. The molecule has 1 N–H and O–H groups in total. The van der Waals surface area contributed by atoms with E-state index in [0.717, 1.165) is 16.9 Å². The van der Waals surface area contributed by atoms with Crippen molar-refractivity contribution in [1.29, 1.82) is 10.5 Å². The van der Waals surface area contributed by atoms with Gasteiger partial charge < -0.3 is 5.32 Å². The molecule has 0 heterocycles. The number of anilines is 1. The van der Waals surface area contributed by atoms with Gasteiger partial charge in [-0.05, 0) is 29.5 Å². The molecule has 0 fully saturated rings. The number of allylic oxidation sites excluding steroid dienone is 2. The number of rotatable bonds is 5. The second kappa shape index (κ2) is 8.11. The Bertz CT molecular complexity index is 948. The Morgan fingerprint density at radius 3 is 2.07 bits per heavy atom. The Labute approximate surface area is 166 Å². The molecule has 2 aromatic carbocycles. The molecule has 4 nitrogen and oxygen atoms in total. The predicted octanol–water partition coefficient (Wildman–Crippen LogP) is 5.19. The highest BCUT2D eigenvalue weighted by molar-refractivity contribution is 5.99. The van der Waals surface area contributed by atoms with Gasteiger partial charge in [0.2, 0.25) is 0 Å². The molecule has 0 saturated carbocycles. The topological polar surface area (TPSA) is 76.7 Å². The summed E-state index contributed by atoms with van der Waals surface area (Å²) in [5.41, 5.74) is 2.87. The van der Waals surface area contributed by atoms with Gasteiger partial charge in [0.1, 0.15) is 5.92 Å². The first-order valence-corrected chi connectivity index (χ1v) is 9.37. The maximum Gasteiger partial charge on any atom is 0.161 e. The Hall–Kier alpha value is -3.37. The maximum atomic E-state index is 13.2. The third-order valence-electron chi connectivity index (χ3n) is 5.07. The van der Waals surface area contributed by atoms with Crippen LogP contribution in [-0.2, 0) is 4.79 Å². The zero-order chi connectivity index (χ0) is 20.1. The zero-order valence-electron chi connectivity index (χ0n) is 16.1. The van der Waals surface area contributed by atoms with Gasteiger partial charge in [0.05, 0.1) is 12.1 Å². The minimum absolute atomic E-state index is 0.000894. The molecule has 1 unspecified atom stereocenters. The van der Waals surface area contributed by atoms with E-state index in [9.17, 15) is 15.3 Å². The van der Waals surface area contributed by atoms with E-state index in [1.165, 1.54) is 0 Å². The molecule has 0 aliphatic heterocycles. The van der Waals surface area contributed by atoms with E-state index in [-0.39, 0.29) is 11.2 Å². The van der Waals surface area contributed by atoms with Crippen LogP contribution in [-0.4, -0.2) is 5.78 Å². The summed E-state index contributed by atoms with van der Waals surface area (Å²) in [6, 6.07) is 23.3. The lowest BCUT2D eigenvalue weighted by Crippen LogP contribution is -2.32. The number of carbonyl (C=O) groups excluding carboxylic acids is 1. The van der Waals surface area contributed by atoms with Gasteiger partial charge in [-0.25, -0.2) is 0 Å². The number of hydrogen-bond donors (Lipinski definition) is 1. The third-order valence-corrected chi connectivity index (χ3v) is 5.07. The Morgan fingerprint density at radius 2 is 1.50 bits per heavy atom. The van der Waals surface area contributed by atoms with Crippen LogP contribution in [0, 0.1) is 34.0 Å². The molecule has 3 rings (SSSR count). The molecular weight excluding hydrogens is 346 g/mol. The fourth-order valence-corrected chi connectivity index (χ4v) is 3.87. The van der Waals surface area contributed by atoms with Gasteiger partial charge in [-0.2, -0.15) is 10.5 Å². The highest BCUT2D eigenvalue weighted by atomic mass is 16.1. The summed E-state index contributed by atoms with van der Waals surface area (Å²) in [6.45, 7) is 4.13. The van der Waals surface area contributed by atoms with Crippen molar-refractivity contribution in [1.82, 2.24) is 0 Å². The molecule has 0 bridgehead atoms. The number of nitrogens with one attached hydrogen (secondary N) is 1. The summed E-state index contributed by atoms with van der Waals surface area (Å²) in [4.78, 5) is 13.2. The summed E-state index contributed by atoms with van der Waals surface area (Å²) in [5.74, 6) is -1.51. The maximum absolute atomic E-state index is 13.2. The molecule has 1 atom stereocenters. The van der Waals surface area contributed by atoms with Gasteiger partial charge in [0.15, 0.2) is 5.78 Å². The Morgan fingerprint density at radius 1 is 0.929 bits per heavy atom. The van der Waals surface area contributed by atoms with Crippen LogP contribution in [0.1, 0.15) is 38.2 Å².